The zero-order valence-electron chi connectivity index (χ0n) is 26.0. The van der Waals surface area contributed by atoms with E-state index >= 15 is 0 Å². The molecule has 0 atom stereocenters. The summed E-state index contributed by atoms with van der Waals surface area (Å²) in [6.07, 6.45) is 6.78. The van der Waals surface area contributed by atoms with Crippen LogP contribution in [0, 0.1) is 31.7 Å². The summed E-state index contributed by atoms with van der Waals surface area (Å²) in [6, 6.07) is 14.2. The van der Waals surface area contributed by atoms with Crippen LogP contribution in [0.25, 0.3) is 33.1 Å². The number of hydrogen-bond donors (Lipinski definition) is 1. The molecular weight excluding hydrogens is 689 g/mol. The summed E-state index contributed by atoms with van der Waals surface area (Å²) in [5, 5.41) is 12.1. The normalized spacial score (nSPS) is 12.2. The summed E-state index contributed by atoms with van der Waals surface area (Å²) >= 11 is 0. The second kappa shape index (κ2) is 15.3. The van der Waals surface area contributed by atoms with Gasteiger partial charge in [0, 0.05) is 65.4 Å². The summed E-state index contributed by atoms with van der Waals surface area (Å²) < 4.78 is 4.24. The molecule has 7 heteroatoms. The SMILES string of the molecule is CCC(CC)C(=O)/C=C(\O)C(CC)CC.CN=c1n(C)c2cc3ccnc(-c4[c-]c(C)cc(C)c4)c3cc2n1C.[Ir]. The molecule has 2 aromatic heterocycles. The maximum Gasteiger partial charge on any atom is 0.205 e. The number of ketones is 1. The minimum atomic E-state index is 0. The third-order valence-electron chi connectivity index (χ3n) is 7.87. The molecule has 2 heterocycles. The van der Waals surface area contributed by atoms with Crippen molar-refractivity contribution in [1.29, 1.82) is 0 Å². The topological polar surface area (TPSA) is 72.4 Å². The van der Waals surface area contributed by atoms with Crippen molar-refractivity contribution in [2.45, 2.75) is 67.2 Å². The molecule has 1 radical (unpaired) electrons. The number of carbonyl (C=O) groups is 1. The largest absolute Gasteiger partial charge is 0.512 e. The standard InChI is InChI=1S/C21H21N4.C13H24O2.Ir/c1-13-8-14(2)10-16(9-13)20-17-12-19-18(11-15(17)6-7-23-20)24(4)21(22-3)25(19)5;1-5-10(6-2)12(14)9-13(15)11(7-3)8-4;/h6-9,11-12H,1-5H3;9-11,14H,5-8H2,1-4H3;/q-1;;/b;12-9-;. The van der Waals surface area contributed by atoms with Gasteiger partial charge in [0.05, 0.1) is 16.8 Å². The summed E-state index contributed by atoms with van der Waals surface area (Å²) in [4.78, 5) is 20.8. The zero-order valence-corrected chi connectivity index (χ0v) is 28.4. The number of aliphatic hydroxyl groups excluding tert-OH is 1. The number of allylic oxidation sites excluding steroid dienone is 2. The van der Waals surface area contributed by atoms with Crippen LogP contribution in [0.2, 0.25) is 0 Å². The maximum atomic E-state index is 11.7. The Morgan fingerprint density at radius 3 is 2.10 bits per heavy atom. The third-order valence-corrected chi connectivity index (χ3v) is 7.87. The maximum absolute atomic E-state index is 11.7. The van der Waals surface area contributed by atoms with Crippen molar-refractivity contribution in [3.05, 3.63) is 71.2 Å². The van der Waals surface area contributed by atoms with Crippen LogP contribution < -0.4 is 5.62 Å². The number of benzene rings is 2. The first-order valence-corrected chi connectivity index (χ1v) is 14.4. The van der Waals surface area contributed by atoms with Gasteiger partial charge in [-0.3, -0.25) is 9.79 Å². The van der Waals surface area contributed by atoms with Crippen molar-refractivity contribution in [1.82, 2.24) is 14.1 Å². The Hall–Kier alpha value is -3.02. The van der Waals surface area contributed by atoms with Crippen molar-refractivity contribution in [2.24, 2.45) is 30.9 Å². The van der Waals surface area contributed by atoms with Crippen molar-refractivity contribution >= 4 is 27.6 Å². The number of imidazole rings is 1. The van der Waals surface area contributed by atoms with Crippen molar-refractivity contribution in [3.63, 3.8) is 0 Å². The van der Waals surface area contributed by atoms with Gasteiger partial charge in [-0.15, -0.1) is 34.9 Å². The van der Waals surface area contributed by atoms with Crippen LogP contribution in [0.4, 0.5) is 0 Å². The van der Waals surface area contributed by atoms with E-state index in [0.717, 1.165) is 64.5 Å². The van der Waals surface area contributed by atoms with Gasteiger partial charge < -0.3 is 19.2 Å². The van der Waals surface area contributed by atoms with E-state index < -0.39 is 0 Å². The van der Waals surface area contributed by atoms with Gasteiger partial charge >= 0.3 is 0 Å². The molecule has 4 aromatic rings. The van der Waals surface area contributed by atoms with E-state index in [4.69, 9.17) is 0 Å². The average molecular weight is 734 g/mol. The molecule has 41 heavy (non-hydrogen) atoms. The van der Waals surface area contributed by atoms with Gasteiger partial charge in [0.15, 0.2) is 5.78 Å². The molecule has 2 aromatic carbocycles. The number of pyridine rings is 1. The average Bonchev–Trinajstić information content (AvgIpc) is 3.16. The van der Waals surface area contributed by atoms with Gasteiger partial charge in [0.2, 0.25) is 5.62 Å². The number of rotatable bonds is 8. The molecule has 0 unspecified atom stereocenters. The van der Waals surface area contributed by atoms with Gasteiger partial charge in [-0.2, -0.15) is 0 Å². The number of aliphatic hydroxyl groups is 1. The smallest absolute Gasteiger partial charge is 0.205 e. The van der Waals surface area contributed by atoms with Gasteiger partial charge in [-0.25, -0.2) is 0 Å². The van der Waals surface area contributed by atoms with E-state index in [2.05, 4.69) is 83.5 Å². The molecule has 1 N–H and O–H groups in total. The van der Waals surface area contributed by atoms with Gasteiger partial charge in [-0.1, -0.05) is 41.5 Å². The predicted octanol–water partition coefficient (Wildman–Crippen LogP) is 7.55. The Morgan fingerprint density at radius 1 is 0.976 bits per heavy atom. The molecular formula is C34H45IrN4O2-. The fourth-order valence-electron chi connectivity index (χ4n) is 5.49. The van der Waals surface area contributed by atoms with E-state index in [1.807, 2.05) is 40.9 Å². The molecule has 0 bridgehead atoms. The third kappa shape index (κ3) is 7.64. The quantitative estimate of drug-likeness (QED) is 0.116. The number of aryl methyl sites for hydroxylation is 4. The molecule has 6 nitrogen and oxygen atoms in total. The van der Waals surface area contributed by atoms with Crippen molar-refractivity contribution < 1.29 is 30.0 Å². The van der Waals surface area contributed by atoms with Gasteiger partial charge in [0.25, 0.3) is 0 Å². The van der Waals surface area contributed by atoms with E-state index in [0.29, 0.717) is 0 Å². The molecule has 0 aliphatic rings. The molecule has 4 rings (SSSR count). The Labute approximate surface area is 258 Å². The molecule has 0 saturated heterocycles. The monoisotopic (exact) mass is 734 g/mol. The number of hydrogen-bond acceptors (Lipinski definition) is 4. The van der Waals surface area contributed by atoms with Crippen LogP contribution in [0.15, 0.2) is 53.4 Å². The minimum Gasteiger partial charge on any atom is -0.512 e. The molecule has 0 spiro atoms. The number of aromatic nitrogens is 3. The summed E-state index contributed by atoms with van der Waals surface area (Å²) in [5.41, 5.74) is 7.63. The first-order valence-electron chi connectivity index (χ1n) is 14.4. The Morgan fingerprint density at radius 2 is 1.56 bits per heavy atom. The number of fused-ring (bicyclic) bond motifs is 2. The summed E-state index contributed by atoms with van der Waals surface area (Å²) in [5.74, 6) is 0.547. The van der Waals surface area contributed by atoms with E-state index in [9.17, 15) is 9.90 Å². The first-order chi connectivity index (χ1) is 19.1. The molecule has 0 aliphatic heterocycles. The van der Waals surface area contributed by atoms with Crippen molar-refractivity contribution in [2.75, 3.05) is 7.05 Å². The molecule has 223 valence electrons. The van der Waals surface area contributed by atoms with Crippen molar-refractivity contribution in [3.8, 4) is 11.3 Å². The number of nitrogens with zero attached hydrogens (tertiary/aromatic N) is 4. The predicted molar refractivity (Wildman–Crippen MR) is 166 cm³/mol. The van der Waals surface area contributed by atoms with Gasteiger partial charge in [-0.05, 0) is 60.3 Å². The van der Waals surface area contributed by atoms with E-state index in [1.54, 1.807) is 0 Å². The first kappa shape index (κ1) is 34.2. The van der Waals surface area contributed by atoms with E-state index in [-0.39, 0.29) is 43.5 Å². The second-order valence-electron chi connectivity index (χ2n) is 10.6. The number of carbonyl (C=O) groups excluding carboxylic acids is 1. The van der Waals surface area contributed by atoms with Crippen LogP contribution in [0.5, 0.6) is 0 Å². The molecule has 0 saturated carbocycles. The van der Waals surface area contributed by atoms with Gasteiger partial charge in [0.1, 0.15) is 0 Å². The van der Waals surface area contributed by atoms with Crippen LogP contribution in [-0.4, -0.2) is 32.1 Å². The molecule has 0 fully saturated rings. The Bertz CT molecular complexity index is 1570. The molecule has 0 amide bonds. The van der Waals surface area contributed by atoms with Crippen LogP contribution >= 0.6 is 0 Å². The Balaban J connectivity index is 0.000000320. The fourth-order valence-corrected chi connectivity index (χ4v) is 5.49. The minimum absolute atomic E-state index is 0. The summed E-state index contributed by atoms with van der Waals surface area (Å²) in [6.45, 7) is 12.3. The zero-order chi connectivity index (χ0) is 29.6. The van der Waals surface area contributed by atoms with E-state index in [1.165, 1.54) is 17.0 Å². The van der Waals surface area contributed by atoms with Crippen LogP contribution in [-0.2, 0) is 39.0 Å². The Kier molecular flexibility index (Phi) is 12.7. The van der Waals surface area contributed by atoms with Crippen LogP contribution in [0.3, 0.4) is 0 Å². The summed E-state index contributed by atoms with van der Waals surface area (Å²) in [7, 11) is 5.93. The second-order valence-corrected chi connectivity index (χ2v) is 10.6. The molecule has 0 aliphatic carbocycles. The van der Waals surface area contributed by atoms with Crippen LogP contribution in [0.1, 0.15) is 64.5 Å². The fraction of sp³-hybridized carbons (Fsp3) is 0.441.